The molecule has 3 atom stereocenters. The number of ether oxygens (including phenoxy) is 11. The van der Waals surface area contributed by atoms with Gasteiger partial charge in [0.1, 0.15) is 40.1 Å². The van der Waals surface area contributed by atoms with E-state index in [1.54, 1.807) is 31.2 Å². The molecule has 0 amide bonds. The highest BCUT2D eigenvalue weighted by molar-refractivity contribution is 6.04. The summed E-state index contributed by atoms with van der Waals surface area (Å²) < 4.78 is 61.9. The summed E-state index contributed by atoms with van der Waals surface area (Å²) in [5.74, 6) is -9.49. The third-order valence-electron chi connectivity index (χ3n) is 18.0. The van der Waals surface area contributed by atoms with Crippen molar-refractivity contribution in [3.8, 4) is 34.5 Å². The van der Waals surface area contributed by atoms with Crippen LogP contribution in [0.1, 0.15) is 243 Å². The van der Waals surface area contributed by atoms with Crippen LogP contribution in [0.5, 0.6) is 34.5 Å². The minimum absolute atomic E-state index is 0.00538. The maximum Gasteiger partial charge on any atom is 0.344 e. The zero-order valence-electron chi connectivity index (χ0n) is 58.2. The van der Waals surface area contributed by atoms with Crippen molar-refractivity contribution in [3.05, 3.63) is 107 Å². The Hall–Kier alpha value is -8.33. The normalized spacial score (nSPS) is 16.8. The van der Waals surface area contributed by atoms with Crippen LogP contribution in [0, 0.1) is 41.4 Å². The third kappa shape index (κ3) is 26.5. The summed E-state index contributed by atoms with van der Waals surface area (Å²) in [6.07, 6.45) is 19.3. The van der Waals surface area contributed by atoms with Gasteiger partial charge in [0.05, 0.1) is 66.1 Å². The van der Waals surface area contributed by atoms with Crippen molar-refractivity contribution in [2.24, 2.45) is 41.4 Å². The number of hydrogen-bond donors (Lipinski definition) is 1. The first kappa shape index (κ1) is 78.7. The molecule has 0 heterocycles. The number of benzene rings is 4. The van der Waals surface area contributed by atoms with E-state index in [9.17, 15) is 48.3 Å². The minimum atomic E-state index is -1.23. The number of rotatable bonds is 42. The summed E-state index contributed by atoms with van der Waals surface area (Å²) in [5, 5.41) is 9.29. The van der Waals surface area contributed by atoms with Crippen molar-refractivity contribution in [2.75, 3.05) is 40.0 Å². The maximum atomic E-state index is 14.2. The van der Waals surface area contributed by atoms with E-state index >= 15 is 0 Å². The van der Waals surface area contributed by atoms with Crippen molar-refractivity contribution in [1.82, 2.24) is 0 Å². The van der Waals surface area contributed by atoms with Gasteiger partial charge in [0.25, 0.3) is 0 Å². The molecule has 21 heteroatoms. The van der Waals surface area contributed by atoms with E-state index < -0.39 is 96.5 Å². The van der Waals surface area contributed by atoms with Crippen molar-refractivity contribution in [2.45, 2.75) is 202 Å². The first-order valence-corrected chi connectivity index (χ1v) is 35.5. The number of carbonyl (C=O) groups excluding carboxylic acids is 9. The number of aliphatic hydroxyl groups is 1. The predicted octanol–water partition coefficient (Wildman–Crippen LogP) is 15.5. The van der Waals surface area contributed by atoms with E-state index in [1.807, 2.05) is 13.8 Å². The van der Waals surface area contributed by atoms with Crippen LogP contribution < -0.4 is 28.4 Å². The second-order valence-electron chi connectivity index (χ2n) is 25.6. The summed E-state index contributed by atoms with van der Waals surface area (Å²) in [5.41, 5.74) is -0.811. The molecule has 0 saturated heterocycles. The maximum absolute atomic E-state index is 14.2. The molecule has 3 unspecified atom stereocenters. The highest BCUT2D eigenvalue weighted by Gasteiger charge is 2.35. The molecule has 4 aromatic carbocycles. The third-order valence-corrected chi connectivity index (χ3v) is 18.0. The number of esters is 9. The highest BCUT2D eigenvalue weighted by atomic mass is 16.7. The molecule has 98 heavy (non-hydrogen) atoms. The Balaban J connectivity index is 1.15. The largest absolute Gasteiger partial charge is 0.494 e. The van der Waals surface area contributed by atoms with Crippen molar-refractivity contribution in [3.63, 3.8) is 0 Å². The molecule has 0 aromatic heterocycles. The molecule has 2 aliphatic rings. The van der Waals surface area contributed by atoms with E-state index in [1.165, 1.54) is 67.9 Å². The van der Waals surface area contributed by atoms with Gasteiger partial charge in [-0.15, -0.1) is 0 Å². The van der Waals surface area contributed by atoms with Gasteiger partial charge in [0.15, 0.2) is 0 Å². The first-order valence-electron chi connectivity index (χ1n) is 35.5. The van der Waals surface area contributed by atoms with Crippen molar-refractivity contribution < 1.29 is 100 Å². The van der Waals surface area contributed by atoms with E-state index in [0.717, 1.165) is 102 Å². The molecule has 0 radical (unpaired) electrons. The van der Waals surface area contributed by atoms with Gasteiger partial charge in [-0.3, -0.25) is 24.0 Å². The van der Waals surface area contributed by atoms with E-state index in [-0.39, 0.29) is 78.1 Å². The Morgan fingerprint density at radius 3 is 1.45 bits per heavy atom. The second kappa shape index (κ2) is 43.2. The summed E-state index contributed by atoms with van der Waals surface area (Å²) in [6, 6.07) is 20.3. The predicted molar refractivity (Wildman–Crippen MR) is 363 cm³/mol. The van der Waals surface area contributed by atoms with Crippen LogP contribution >= 0.6 is 0 Å². The van der Waals surface area contributed by atoms with Crippen LogP contribution in [0.4, 0.5) is 0 Å². The van der Waals surface area contributed by atoms with Gasteiger partial charge in [0, 0.05) is 6.61 Å². The fraction of sp³-hybridized carbons (Fsp3) is 0.571. The molecule has 6 rings (SSSR count). The first-order chi connectivity index (χ1) is 47.5. The Bertz CT molecular complexity index is 3160. The smallest absolute Gasteiger partial charge is 0.344 e. The summed E-state index contributed by atoms with van der Waals surface area (Å²) >= 11 is 0. The van der Waals surface area contributed by atoms with Gasteiger partial charge in [-0.2, -0.15) is 0 Å². The SMILES string of the molecule is CCCCCC1CCC(C(=O)Oc2ccc(OC(=O)C3CCC(CCCCC)CC3)c(C(=O)OCOC(=O)C(CC(C)C(=O)OCOC(=O)c3cc(OC(=O)c4ccc(OCCCC)cc4)ccc3C(=O)Oc3ccc(OCCCC)cc3)CC(CC)C(=O)OCCCCO)c2)CC1. The van der Waals surface area contributed by atoms with Crippen LogP contribution in [0.25, 0.3) is 0 Å². The van der Waals surface area contributed by atoms with Crippen molar-refractivity contribution in [1.29, 1.82) is 0 Å². The Morgan fingerprint density at radius 1 is 0.408 bits per heavy atom. The zero-order valence-corrected chi connectivity index (χ0v) is 58.2. The van der Waals surface area contributed by atoms with E-state index in [0.29, 0.717) is 75.1 Å². The molecule has 0 aliphatic heterocycles. The number of aliphatic hydroxyl groups excluding tert-OH is 1. The number of carbonyl (C=O) groups is 9. The Labute approximate surface area is 576 Å². The van der Waals surface area contributed by atoms with Gasteiger partial charge in [-0.25, -0.2) is 19.2 Å². The van der Waals surface area contributed by atoms with Crippen LogP contribution in [0.3, 0.4) is 0 Å². The standard InChI is InChI=1S/C77H102O21/c1-7-12-16-20-53-22-26-56(27-23-53)72(82)97-64-39-41-68(98-74(84)57-28-24-54(25-29-57)21-17-13-8-2)67(49-64)76(86)94-51-92-71(81)59(47-55(11-5)70(80)90-45-19-18-42-78)46-52(6)69(79)91-50-93-75(85)66-48-63(96-73(83)58-30-32-60(33-31-58)88-43-14-9-3)38-40-65(66)77(87)95-62-36-34-61(35-37-62)89-44-15-10-4/h30-41,48-49,52-57,59,78H,7-29,42-47,50-51H2,1-6H3. The Morgan fingerprint density at radius 2 is 0.888 bits per heavy atom. The fourth-order valence-corrected chi connectivity index (χ4v) is 12.0. The van der Waals surface area contributed by atoms with Gasteiger partial charge >= 0.3 is 53.7 Å². The molecule has 2 aliphatic carbocycles. The molecular formula is C77H102O21. The van der Waals surface area contributed by atoms with Gasteiger partial charge in [-0.05, 0) is 193 Å². The molecule has 0 spiro atoms. The summed E-state index contributed by atoms with van der Waals surface area (Å²) in [7, 11) is 0. The lowest BCUT2D eigenvalue weighted by molar-refractivity contribution is -0.162. The minimum Gasteiger partial charge on any atom is -0.494 e. The average molecular weight is 1360 g/mol. The molecule has 536 valence electrons. The van der Waals surface area contributed by atoms with Crippen LogP contribution in [-0.2, 0) is 47.7 Å². The molecule has 2 saturated carbocycles. The highest BCUT2D eigenvalue weighted by Crippen LogP contribution is 2.37. The topological polar surface area (TPSA) is 275 Å². The fourth-order valence-electron chi connectivity index (χ4n) is 12.0. The molecule has 0 bridgehead atoms. The monoisotopic (exact) mass is 1360 g/mol. The summed E-state index contributed by atoms with van der Waals surface area (Å²) in [4.78, 5) is 124. The van der Waals surface area contributed by atoms with Crippen LogP contribution in [0.2, 0.25) is 0 Å². The van der Waals surface area contributed by atoms with Crippen LogP contribution in [0.15, 0.2) is 84.9 Å². The lowest BCUT2D eigenvalue weighted by atomic mass is 9.80. The van der Waals surface area contributed by atoms with Gasteiger partial charge in [-0.1, -0.05) is 106 Å². The Kier molecular flexibility index (Phi) is 34.6. The molecule has 2 fully saturated rings. The average Bonchev–Trinajstić information content (AvgIpc) is 0.833. The zero-order chi connectivity index (χ0) is 70.6. The quantitative estimate of drug-likeness (QED) is 0.0142. The number of hydrogen-bond acceptors (Lipinski definition) is 21. The lowest BCUT2D eigenvalue weighted by Crippen LogP contribution is -2.30. The lowest BCUT2D eigenvalue weighted by Gasteiger charge is -2.27. The molecule has 21 nitrogen and oxygen atoms in total. The molecule has 1 N–H and O–H groups in total. The van der Waals surface area contributed by atoms with E-state index in [4.69, 9.17) is 52.1 Å². The van der Waals surface area contributed by atoms with Crippen molar-refractivity contribution >= 4 is 53.7 Å². The summed E-state index contributed by atoms with van der Waals surface area (Å²) in [6.45, 7) is 10.5. The number of unbranched alkanes of at least 4 members (excludes halogenated alkanes) is 7. The second-order valence-corrected chi connectivity index (χ2v) is 25.6. The molecular weight excluding hydrogens is 1260 g/mol. The van der Waals surface area contributed by atoms with E-state index in [2.05, 4.69) is 13.8 Å². The van der Waals surface area contributed by atoms with Gasteiger partial charge < -0.3 is 57.2 Å². The molecule has 4 aromatic rings. The van der Waals surface area contributed by atoms with Gasteiger partial charge in [0.2, 0.25) is 13.6 Å². The van der Waals surface area contributed by atoms with Crippen LogP contribution in [-0.4, -0.2) is 98.8 Å².